The van der Waals surface area contributed by atoms with E-state index in [1.54, 1.807) is 11.3 Å². The van der Waals surface area contributed by atoms with Gasteiger partial charge in [0.1, 0.15) is 0 Å². The minimum atomic E-state index is 0.449. The SMILES string of the molecule is Cc1nc(-c2ccc(NC(C)C3CCOC3)cc2)cs1. The van der Waals surface area contributed by atoms with Crippen molar-refractivity contribution in [3.8, 4) is 11.3 Å². The topological polar surface area (TPSA) is 34.2 Å². The molecule has 4 heteroatoms. The smallest absolute Gasteiger partial charge is 0.0901 e. The monoisotopic (exact) mass is 288 g/mol. The second-order valence-corrected chi connectivity index (χ2v) is 6.45. The number of anilines is 1. The zero-order valence-corrected chi connectivity index (χ0v) is 12.7. The van der Waals surface area contributed by atoms with E-state index in [9.17, 15) is 0 Å². The zero-order chi connectivity index (χ0) is 13.9. The van der Waals surface area contributed by atoms with Gasteiger partial charge in [-0.15, -0.1) is 11.3 Å². The van der Waals surface area contributed by atoms with Crippen molar-refractivity contribution in [2.45, 2.75) is 26.3 Å². The van der Waals surface area contributed by atoms with Crippen molar-refractivity contribution in [2.75, 3.05) is 18.5 Å². The van der Waals surface area contributed by atoms with Gasteiger partial charge in [0.2, 0.25) is 0 Å². The average molecular weight is 288 g/mol. The van der Waals surface area contributed by atoms with Gasteiger partial charge < -0.3 is 10.1 Å². The van der Waals surface area contributed by atoms with Crippen LogP contribution in [0.25, 0.3) is 11.3 Å². The third-order valence-corrected chi connectivity index (χ3v) is 4.64. The highest BCUT2D eigenvalue weighted by Crippen LogP contribution is 2.25. The normalized spacial score (nSPS) is 20.0. The van der Waals surface area contributed by atoms with Gasteiger partial charge in [-0.25, -0.2) is 4.98 Å². The van der Waals surface area contributed by atoms with Crippen LogP contribution in [0.4, 0.5) is 5.69 Å². The maximum Gasteiger partial charge on any atom is 0.0901 e. The third kappa shape index (κ3) is 3.02. The molecular formula is C16H20N2OS. The Kier molecular flexibility index (Phi) is 4.03. The summed E-state index contributed by atoms with van der Waals surface area (Å²) >= 11 is 1.69. The molecule has 106 valence electrons. The van der Waals surface area contributed by atoms with Crippen molar-refractivity contribution >= 4 is 17.0 Å². The molecule has 1 N–H and O–H groups in total. The molecule has 1 aromatic heterocycles. The predicted octanol–water partition coefficient (Wildman–Crippen LogP) is 3.96. The molecular weight excluding hydrogens is 268 g/mol. The van der Waals surface area contributed by atoms with Crippen LogP contribution in [0.1, 0.15) is 18.4 Å². The highest BCUT2D eigenvalue weighted by molar-refractivity contribution is 7.09. The van der Waals surface area contributed by atoms with E-state index in [1.165, 1.54) is 11.3 Å². The number of thiazole rings is 1. The Morgan fingerprint density at radius 3 is 2.75 bits per heavy atom. The van der Waals surface area contributed by atoms with Gasteiger partial charge in [-0.1, -0.05) is 12.1 Å². The Morgan fingerprint density at radius 2 is 2.15 bits per heavy atom. The van der Waals surface area contributed by atoms with Crippen LogP contribution in [0.3, 0.4) is 0 Å². The first-order valence-corrected chi connectivity index (χ1v) is 7.97. The van der Waals surface area contributed by atoms with E-state index < -0.39 is 0 Å². The van der Waals surface area contributed by atoms with E-state index in [1.807, 2.05) is 6.92 Å². The first-order valence-electron chi connectivity index (χ1n) is 7.09. The van der Waals surface area contributed by atoms with E-state index in [2.05, 4.69) is 46.9 Å². The Hall–Kier alpha value is -1.39. The standard InChI is InChI=1S/C16H20N2OS/c1-11(14-7-8-19-9-14)17-15-5-3-13(4-6-15)16-10-20-12(2)18-16/h3-6,10-11,14,17H,7-9H2,1-2H3. The zero-order valence-electron chi connectivity index (χ0n) is 11.9. The number of benzene rings is 1. The van der Waals surface area contributed by atoms with Gasteiger partial charge in [-0.2, -0.15) is 0 Å². The molecule has 0 spiro atoms. The summed E-state index contributed by atoms with van der Waals surface area (Å²) in [6.07, 6.45) is 1.16. The summed E-state index contributed by atoms with van der Waals surface area (Å²) in [5, 5.41) is 6.79. The summed E-state index contributed by atoms with van der Waals surface area (Å²) in [6.45, 7) is 6.05. The van der Waals surface area contributed by atoms with Crippen LogP contribution in [0, 0.1) is 12.8 Å². The summed E-state index contributed by atoms with van der Waals surface area (Å²) in [5.74, 6) is 0.621. The molecule has 1 aliphatic rings. The van der Waals surface area contributed by atoms with Gasteiger partial charge in [-0.05, 0) is 32.4 Å². The predicted molar refractivity (Wildman–Crippen MR) is 84.3 cm³/mol. The van der Waals surface area contributed by atoms with Crippen molar-refractivity contribution in [3.63, 3.8) is 0 Å². The largest absolute Gasteiger partial charge is 0.382 e. The Morgan fingerprint density at radius 1 is 1.35 bits per heavy atom. The second-order valence-electron chi connectivity index (χ2n) is 5.39. The molecule has 2 aromatic rings. The molecule has 3 rings (SSSR count). The Bertz CT molecular complexity index is 558. The Balaban J connectivity index is 1.66. The summed E-state index contributed by atoms with van der Waals surface area (Å²) in [4.78, 5) is 4.52. The first-order chi connectivity index (χ1) is 9.72. The molecule has 2 heterocycles. The molecule has 0 amide bonds. The average Bonchev–Trinajstić information content (AvgIpc) is 3.10. The van der Waals surface area contributed by atoms with Crippen LogP contribution in [0.2, 0.25) is 0 Å². The fourth-order valence-electron chi connectivity index (χ4n) is 2.56. The molecule has 1 aliphatic heterocycles. The van der Waals surface area contributed by atoms with Gasteiger partial charge >= 0.3 is 0 Å². The van der Waals surface area contributed by atoms with Gasteiger partial charge in [0.05, 0.1) is 17.3 Å². The number of hydrogen-bond acceptors (Lipinski definition) is 4. The van der Waals surface area contributed by atoms with Crippen LogP contribution in [0.15, 0.2) is 29.6 Å². The fourth-order valence-corrected chi connectivity index (χ4v) is 3.18. The summed E-state index contributed by atoms with van der Waals surface area (Å²) in [7, 11) is 0. The van der Waals surface area contributed by atoms with Gasteiger partial charge in [-0.3, -0.25) is 0 Å². The number of aromatic nitrogens is 1. The van der Waals surface area contributed by atoms with Crippen LogP contribution < -0.4 is 5.32 Å². The highest BCUT2D eigenvalue weighted by atomic mass is 32.1. The quantitative estimate of drug-likeness (QED) is 0.925. The Labute approximate surface area is 124 Å². The summed E-state index contributed by atoms with van der Waals surface area (Å²) < 4.78 is 5.45. The van der Waals surface area contributed by atoms with Gasteiger partial charge in [0.15, 0.2) is 0 Å². The number of ether oxygens (including phenoxy) is 1. The minimum Gasteiger partial charge on any atom is -0.382 e. The van der Waals surface area contributed by atoms with Crippen molar-refractivity contribution in [1.82, 2.24) is 4.98 Å². The van der Waals surface area contributed by atoms with Crippen LogP contribution >= 0.6 is 11.3 Å². The molecule has 2 atom stereocenters. The van der Waals surface area contributed by atoms with Crippen molar-refractivity contribution in [3.05, 3.63) is 34.7 Å². The van der Waals surface area contributed by atoms with E-state index in [4.69, 9.17) is 4.74 Å². The van der Waals surface area contributed by atoms with Crippen molar-refractivity contribution in [1.29, 1.82) is 0 Å². The number of aryl methyl sites for hydroxylation is 1. The van der Waals surface area contributed by atoms with Crippen LogP contribution in [0.5, 0.6) is 0 Å². The lowest BCUT2D eigenvalue weighted by atomic mass is 10.0. The third-order valence-electron chi connectivity index (χ3n) is 3.87. The van der Waals surface area contributed by atoms with E-state index in [0.29, 0.717) is 12.0 Å². The lowest BCUT2D eigenvalue weighted by Crippen LogP contribution is -2.25. The number of hydrogen-bond donors (Lipinski definition) is 1. The lowest BCUT2D eigenvalue weighted by molar-refractivity contribution is 0.183. The molecule has 3 nitrogen and oxygen atoms in total. The highest BCUT2D eigenvalue weighted by Gasteiger charge is 2.21. The number of rotatable bonds is 4. The van der Waals surface area contributed by atoms with Crippen LogP contribution in [-0.2, 0) is 4.74 Å². The maximum atomic E-state index is 5.45. The molecule has 1 aromatic carbocycles. The number of nitrogens with one attached hydrogen (secondary N) is 1. The molecule has 0 bridgehead atoms. The van der Waals surface area contributed by atoms with Crippen LogP contribution in [-0.4, -0.2) is 24.2 Å². The van der Waals surface area contributed by atoms with Gasteiger partial charge in [0, 0.05) is 35.2 Å². The van der Waals surface area contributed by atoms with E-state index >= 15 is 0 Å². The molecule has 0 saturated carbocycles. The van der Waals surface area contributed by atoms with Crippen molar-refractivity contribution < 1.29 is 4.74 Å². The summed E-state index contributed by atoms with van der Waals surface area (Å²) in [5.41, 5.74) is 3.41. The molecule has 1 fully saturated rings. The minimum absolute atomic E-state index is 0.449. The molecule has 0 radical (unpaired) electrons. The first kappa shape index (κ1) is 13.6. The number of nitrogens with zero attached hydrogens (tertiary/aromatic N) is 1. The second kappa shape index (κ2) is 5.94. The van der Waals surface area contributed by atoms with E-state index in [-0.39, 0.29) is 0 Å². The molecule has 1 saturated heterocycles. The fraction of sp³-hybridized carbons (Fsp3) is 0.438. The van der Waals surface area contributed by atoms with Crippen molar-refractivity contribution in [2.24, 2.45) is 5.92 Å². The summed E-state index contributed by atoms with van der Waals surface area (Å²) in [6, 6.07) is 8.99. The molecule has 2 unspecified atom stereocenters. The maximum absolute atomic E-state index is 5.45. The van der Waals surface area contributed by atoms with Gasteiger partial charge in [0.25, 0.3) is 0 Å². The lowest BCUT2D eigenvalue weighted by Gasteiger charge is -2.20. The molecule has 0 aliphatic carbocycles. The molecule has 20 heavy (non-hydrogen) atoms. The van der Waals surface area contributed by atoms with E-state index in [0.717, 1.165) is 30.3 Å².